The normalized spacial score (nSPS) is 11.5. The molecule has 0 amide bonds. The maximum absolute atomic E-state index is 10.9. The van der Waals surface area contributed by atoms with Gasteiger partial charge in [0.1, 0.15) is 6.04 Å². The molecule has 2 N–H and O–H groups in total. The van der Waals surface area contributed by atoms with Crippen molar-refractivity contribution >= 4 is 11.9 Å². The predicted molar refractivity (Wildman–Crippen MR) is 55.7 cm³/mol. The maximum Gasteiger partial charge on any atom is 0.321 e. The Morgan fingerprint density at radius 1 is 1.12 bits per heavy atom. The van der Waals surface area contributed by atoms with Gasteiger partial charge in [0.2, 0.25) is 0 Å². The second kappa shape index (κ2) is 8.08. The lowest BCUT2D eigenvalue weighted by Gasteiger charge is -2.25. The largest absolute Gasteiger partial charge is 0.481 e. The SMILES string of the molecule is N#CCCN(CCC#N)[C@H](CC(=O)O)C(=O)O. The first-order chi connectivity index (χ1) is 8.02. The van der Waals surface area contributed by atoms with Crippen LogP contribution in [0.4, 0.5) is 0 Å². The first kappa shape index (κ1) is 14.9. The van der Waals surface area contributed by atoms with E-state index >= 15 is 0 Å². The number of carboxylic acid groups (broad SMARTS) is 2. The highest BCUT2D eigenvalue weighted by molar-refractivity contribution is 5.80. The van der Waals surface area contributed by atoms with Gasteiger partial charge in [-0.3, -0.25) is 14.5 Å². The van der Waals surface area contributed by atoms with Crippen LogP contribution >= 0.6 is 0 Å². The van der Waals surface area contributed by atoms with Crippen molar-refractivity contribution in [3.8, 4) is 12.1 Å². The highest BCUT2D eigenvalue weighted by Gasteiger charge is 2.27. The van der Waals surface area contributed by atoms with E-state index in [4.69, 9.17) is 20.7 Å². The Kier molecular flexibility index (Phi) is 7.07. The van der Waals surface area contributed by atoms with Crippen molar-refractivity contribution in [1.82, 2.24) is 4.90 Å². The van der Waals surface area contributed by atoms with E-state index in [1.807, 2.05) is 12.1 Å². The van der Waals surface area contributed by atoms with Gasteiger partial charge in [-0.05, 0) is 0 Å². The number of carboxylic acids is 2. The van der Waals surface area contributed by atoms with Crippen molar-refractivity contribution in [3.05, 3.63) is 0 Å². The molecule has 0 radical (unpaired) electrons. The van der Waals surface area contributed by atoms with Crippen molar-refractivity contribution in [2.75, 3.05) is 13.1 Å². The third-order valence-corrected chi connectivity index (χ3v) is 2.12. The molecule has 0 fully saturated rings. The minimum absolute atomic E-state index is 0.0921. The molecule has 7 nitrogen and oxygen atoms in total. The number of carbonyl (C=O) groups is 2. The summed E-state index contributed by atoms with van der Waals surface area (Å²) in [4.78, 5) is 22.8. The van der Waals surface area contributed by atoms with Gasteiger partial charge in [0.15, 0.2) is 0 Å². The summed E-state index contributed by atoms with van der Waals surface area (Å²) in [7, 11) is 0. The Balaban J connectivity index is 4.68. The standard InChI is InChI=1S/C10H13N3O4/c11-3-1-5-13(6-2-4-12)8(10(16)17)7-9(14)15/h8H,1-2,5-7H2,(H,14,15)(H,16,17)/t8-/m1/s1. The van der Waals surface area contributed by atoms with Gasteiger partial charge in [-0.2, -0.15) is 10.5 Å². The molecule has 0 saturated carbocycles. The van der Waals surface area contributed by atoms with Gasteiger partial charge in [0.25, 0.3) is 0 Å². The van der Waals surface area contributed by atoms with Crippen molar-refractivity contribution in [2.45, 2.75) is 25.3 Å². The first-order valence-electron chi connectivity index (χ1n) is 4.95. The van der Waals surface area contributed by atoms with Crippen LogP contribution in [0.25, 0.3) is 0 Å². The monoisotopic (exact) mass is 239 g/mol. The van der Waals surface area contributed by atoms with Gasteiger partial charge < -0.3 is 10.2 Å². The first-order valence-corrected chi connectivity index (χ1v) is 4.95. The summed E-state index contributed by atoms with van der Waals surface area (Å²) < 4.78 is 0. The zero-order chi connectivity index (χ0) is 13.3. The van der Waals surface area contributed by atoms with E-state index in [9.17, 15) is 9.59 Å². The van der Waals surface area contributed by atoms with Crippen LogP contribution in [0, 0.1) is 22.7 Å². The van der Waals surface area contributed by atoms with Gasteiger partial charge in [-0.1, -0.05) is 0 Å². The van der Waals surface area contributed by atoms with Crippen LogP contribution in [0.2, 0.25) is 0 Å². The van der Waals surface area contributed by atoms with Crippen LogP contribution < -0.4 is 0 Å². The van der Waals surface area contributed by atoms with Crippen LogP contribution in [0.15, 0.2) is 0 Å². The molecule has 0 spiro atoms. The molecule has 1 atom stereocenters. The van der Waals surface area contributed by atoms with Crippen molar-refractivity contribution in [2.24, 2.45) is 0 Å². The number of nitriles is 2. The van der Waals surface area contributed by atoms with Crippen LogP contribution in [-0.2, 0) is 9.59 Å². The fraction of sp³-hybridized carbons (Fsp3) is 0.600. The molecule has 0 aliphatic rings. The fourth-order valence-electron chi connectivity index (χ4n) is 1.35. The van der Waals surface area contributed by atoms with Gasteiger partial charge in [-0.25, -0.2) is 0 Å². The number of hydrogen-bond acceptors (Lipinski definition) is 5. The molecule has 0 saturated heterocycles. The summed E-state index contributed by atoms with van der Waals surface area (Å²) in [5.41, 5.74) is 0. The van der Waals surface area contributed by atoms with Crippen molar-refractivity contribution in [1.29, 1.82) is 10.5 Å². The van der Waals surface area contributed by atoms with Crippen LogP contribution in [0.1, 0.15) is 19.3 Å². The average Bonchev–Trinajstić information content (AvgIpc) is 2.26. The lowest BCUT2D eigenvalue weighted by atomic mass is 10.1. The second-order valence-electron chi connectivity index (χ2n) is 3.30. The van der Waals surface area contributed by atoms with Gasteiger partial charge >= 0.3 is 11.9 Å². The fourth-order valence-corrected chi connectivity index (χ4v) is 1.35. The highest BCUT2D eigenvalue weighted by Crippen LogP contribution is 2.07. The minimum Gasteiger partial charge on any atom is -0.481 e. The van der Waals surface area contributed by atoms with E-state index in [2.05, 4.69) is 0 Å². The third kappa shape index (κ3) is 6.13. The Bertz CT molecular complexity index is 338. The van der Waals surface area contributed by atoms with E-state index in [-0.39, 0.29) is 25.9 Å². The predicted octanol–water partition coefficient (Wildman–Crippen LogP) is 0.0437. The summed E-state index contributed by atoms with van der Waals surface area (Å²) >= 11 is 0. The number of aliphatic carboxylic acids is 2. The molecule has 92 valence electrons. The molecule has 0 aromatic heterocycles. The molecule has 0 aliphatic carbocycles. The van der Waals surface area contributed by atoms with Crippen molar-refractivity contribution < 1.29 is 19.8 Å². The van der Waals surface area contributed by atoms with Crippen LogP contribution in [-0.4, -0.2) is 46.2 Å². The Morgan fingerprint density at radius 3 is 1.88 bits per heavy atom. The Morgan fingerprint density at radius 2 is 1.59 bits per heavy atom. The number of hydrogen-bond donors (Lipinski definition) is 2. The molecule has 7 heteroatoms. The molecular formula is C10H13N3O4. The summed E-state index contributed by atoms with van der Waals surface area (Å²) in [6.07, 6.45) is -0.365. The topological polar surface area (TPSA) is 125 Å². The van der Waals surface area contributed by atoms with E-state index < -0.39 is 24.4 Å². The van der Waals surface area contributed by atoms with Crippen LogP contribution in [0.3, 0.4) is 0 Å². The highest BCUT2D eigenvalue weighted by atomic mass is 16.4. The van der Waals surface area contributed by atoms with Gasteiger partial charge in [-0.15, -0.1) is 0 Å². The summed E-state index contributed by atoms with van der Waals surface area (Å²) in [5.74, 6) is -2.49. The summed E-state index contributed by atoms with van der Waals surface area (Å²) in [6, 6.07) is 2.51. The zero-order valence-corrected chi connectivity index (χ0v) is 9.17. The molecule has 0 aromatic rings. The summed E-state index contributed by atoms with van der Waals surface area (Å²) in [6.45, 7) is 0.283. The minimum atomic E-state index is -1.26. The molecule has 0 rings (SSSR count). The van der Waals surface area contributed by atoms with E-state index in [0.717, 1.165) is 0 Å². The molecule has 0 unspecified atom stereocenters. The van der Waals surface area contributed by atoms with Gasteiger partial charge in [0, 0.05) is 25.9 Å². The molecular weight excluding hydrogens is 226 g/mol. The molecule has 0 aliphatic heterocycles. The number of rotatable bonds is 8. The van der Waals surface area contributed by atoms with E-state index in [1.165, 1.54) is 4.90 Å². The lowest BCUT2D eigenvalue weighted by Crippen LogP contribution is -2.43. The quantitative estimate of drug-likeness (QED) is 0.612. The van der Waals surface area contributed by atoms with E-state index in [1.54, 1.807) is 0 Å². The maximum atomic E-state index is 10.9. The summed E-state index contributed by atoms with van der Waals surface area (Å²) in [5, 5.41) is 34.4. The zero-order valence-electron chi connectivity index (χ0n) is 9.17. The number of nitrogens with zero attached hydrogens (tertiary/aromatic N) is 3. The van der Waals surface area contributed by atoms with Crippen molar-refractivity contribution in [3.63, 3.8) is 0 Å². The second-order valence-corrected chi connectivity index (χ2v) is 3.30. The third-order valence-electron chi connectivity index (χ3n) is 2.12. The molecule has 17 heavy (non-hydrogen) atoms. The molecule has 0 heterocycles. The molecule has 0 bridgehead atoms. The Hall–Kier alpha value is -2.12. The van der Waals surface area contributed by atoms with Crippen LogP contribution in [0.5, 0.6) is 0 Å². The molecule has 0 aromatic carbocycles. The Labute approximate surface area is 98.5 Å². The lowest BCUT2D eigenvalue weighted by molar-refractivity contribution is -0.149. The van der Waals surface area contributed by atoms with E-state index in [0.29, 0.717) is 0 Å². The smallest absolute Gasteiger partial charge is 0.321 e. The average molecular weight is 239 g/mol. The van der Waals surface area contributed by atoms with Gasteiger partial charge in [0.05, 0.1) is 18.6 Å².